The summed E-state index contributed by atoms with van der Waals surface area (Å²) in [5.41, 5.74) is 2.71. The number of anilines is 1. The first-order chi connectivity index (χ1) is 19.6. The molecule has 0 saturated carbocycles. The van der Waals surface area contributed by atoms with Gasteiger partial charge in [-0.3, -0.25) is 4.79 Å². The zero-order valence-corrected chi connectivity index (χ0v) is 24.9. The Balaban J connectivity index is 1.36. The molecule has 2 aliphatic rings. The molecular weight excluding hydrogens is 542 g/mol. The smallest absolute Gasteiger partial charge is 0.410 e. The number of piperazine rings is 1. The van der Waals surface area contributed by atoms with Crippen LogP contribution in [-0.2, 0) is 4.74 Å². The number of carbonyl (C=O) groups excluding carboxylic acids is 2. The van der Waals surface area contributed by atoms with Gasteiger partial charge in [-0.15, -0.1) is 0 Å². The van der Waals surface area contributed by atoms with E-state index in [2.05, 4.69) is 16.1 Å². The predicted octanol–water partition coefficient (Wildman–Crippen LogP) is 5.61. The number of carbonyl (C=O) groups is 2. The molecular formula is C31H38ClN5O4. The Morgan fingerprint density at radius 3 is 2.29 bits per heavy atom. The fraction of sp³-hybridized carbons (Fsp3) is 0.452. The summed E-state index contributed by atoms with van der Waals surface area (Å²) in [4.78, 5) is 32.6. The largest absolute Gasteiger partial charge is 0.497 e. The van der Waals surface area contributed by atoms with Crippen molar-refractivity contribution in [3.8, 4) is 11.4 Å². The molecule has 2 amide bonds. The Kier molecular flexibility index (Phi) is 8.45. The lowest BCUT2D eigenvalue weighted by atomic mass is 9.90. The number of hydrogen-bond donors (Lipinski definition) is 0. The van der Waals surface area contributed by atoms with E-state index in [1.54, 1.807) is 18.2 Å². The summed E-state index contributed by atoms with van der Waals surface area (Å²) in [6, 6.07) is 15.5. The van der Waals surface area contributed by atoms with Gasteiger partial charge in [-0.1, -0.05) is 29.8 Å². The third kappa shape index (κ3) is 6.45. The summed E-state index contributed by atoms with van der Waals surface area (Å²) in [6.45, 7) is 9.34. The van der Waals surface area contributed by atoms with E-state index in [4.69, 9.17) is 21.1 Å². The highest BCUT2D eigenvalue weighted by molar-refractivity contribution is 6.32. The zero-order valence-electron chi connectivity index (χ0n) is 24.2. The van der Waals surface area contributed by atoms with Crippen LogP contribution >= 0.6 is 11.6 Å². The highest BCUT2D eigenvalue weighted by atomic mass is 35.5. The fourth-order valence-electron chi connectivity index (χ4n) is 5.54. The van der Waals surface area contributed by atoms with Crippen molar-refractivity contribution in [1.29, 1.82) is 0 Å². The molecule has 0 atom stereocenters. The zero-order chi connectivity index (χ0) is 29.1. The minimum atomic E-state index is -0.549. The molecule has 41 heavy (non-hydrogen) atoms. The Bertz CT molecular complexity index is 1390. The molecule has 2 saturated heterocycles. The van der Waals surface area contributed by atoms with Crippen LogP contribution in [0.3, 0.4) is 0 Å². The Hall–Kier alpha value is -3.72. The third-order valence-electron chi connectivity index (χ3n) is 7.64. The van der Waals surface area contributed by atoms with Gasteiger partial charge in [-0.05, 0) is 57.9 Å². The van der Waals surface area contributed by atoms with Gasteiger partial charge in [-0.25, -0.2) is 9.48 Å². The maximum atomic E-state index is 14.0. The lowest BCUT2D eigenvalue weighted by Gasteiger charge is -2.37. The molecule has 2 aliphatic heterocycles. The van der Waals surface area contributed by atoms with Crippen molar-refractivity contribution in [2.75, 3.05) is 51.3 Å². The van der Waals surface area contributed by atoms with Crippen LogP contribution in [0, 0.1) is 0 Å². The molecule has 218 valence electrons. The number of methoxy groups -OCH3 is 1. The van der Waals surface area contributed by atoms with Crippen molar-refractivity contribution in [2.24, 2.45) is 0 Å². The molecule has 3 aromatic rings. The Labute approximate surface area is 246 Å². The summed E-state index contributed by atoms with van der Waals surface area (Å²) in [6.07, 6.45) is 2.76. The van der Waals surface area contributed by atoms with Gasteiger partial charge in [0.1, 0.15) is 11.4 Å². The lowest BCUT2D eigenvalue weighted by Crippen LogP contribution is -2.49. The van der Waals surface area contributed by atoms with E-state index in [1.807, 2.05) is 72.8 Å². The first kappa shape index (κ1) is 28.8. The van der Waals surface area contributed by atoms with Crippen LogP contribution in [-0.4, -0.2) is 83.6 Å². The van der Waals surface area contributed by atoms with Crippen LogP contribution in [0.25, 0.3) is 5.69 Å². The molecule has 9 nitrogen and oxygen atoms in total. The number of halogens is 1. The Morgan fingerprint density at radius 1 is 0.927 bits per heavy atom. The monoisotopic (exact) mass is 579 g/mol. The molecule has 1 aromatic heterocycles. The molecule has 0 radical (unpaired) electrons. The number of rotatable bonds is 5. The van der Waals surface area contributed by atoms with Crippen molar-refractivity contribution >= 4 is 29.3 Å². The van der Waals surface area contributed by atoms with E-state index in [0.29, 0.717) is 49.6 Å². The third-order valence-corrected chi connectivity index (χ3v) is 7.96. The average Bonchev–Trinajstić information content (AvgIpc) is 3.41. The van der Waals surface area contributed by atoms with Crippen LogP contribution in [0.4, 0.5) is 10.5 Å². The molecule has 0 aliphatic carbocycles. The van der Waals surface area contributed by atoms with E-state index in [0.717, 1.165) is 35.9 Å². The molecule has 2 aromatic carbocycles. The fourth-order valence-corrected chi connectivity index (χ4v) is 5.75. The number of nitrogens with zero attached hydrogens (tertiary/aromatic N) is 5. The minimum absolute atomic E-state index is 0.0295. The second-order valence-corrected chi connectivity index (χ2v) is 11.9. The second-order valence-electron chi connectivity index (χ2n) is 11.5. The maximum absolute atomic E-state index is 14.0. The average molecular weight is 580 g/mol. The number of benzene rings is 2. The number of aromatic nitrogens is 2. The number of hydrogen-bond acceptors (Lipinski definition) is 6. The van der Waals surface area contributed by atoms with E-state index in [-0.39, 0.29) is 17.9 Å². The summed E-state index contributed by atoms with van der Waals surface area (Å²) in [5, 5.41) is 5.24. The first-order valence-corrected chi connectivity index (χ1v) is 14.5. The molecule has 3 heterocycles. The van der Waals surface area contributed by atoms with Crippen molar-refractivity contribution < 1.29 is 19.1 Å². The standard InChI is InChI=1S/C31H38ClN5O4/c1-31(2,3)41-30(39)36-14-12-22(13-15-36)28-25(21-33-37(28)27-11-6-5-10-26(27)32)29(38)35-18-16-34(17-19-35)23-8-7-9-24(20-23)40-4/h5-11,20-22H,12-19H2,1-4H3. The van der Waals surface area contributed by atoms with Gasteiger partial charge in [0.2, 0.25) is 0 Å². The van der Waals surface area contributed by atoms with Gasteiger partial charge in [0, 0.05) is 56.9 Å². The molecule has 0 unspecified atom stereocenters. The van der Waals surface area contributed by atoms with Crippen molar-refractivity contribution in [3.05, 3.63) is 71.0 Å². The van der Waals surface area contributed by atoms with Gasteiger partial charge in [0.25, 0.3) is 5.91 Å². The summed E-state index contributed by atoms with van der Waals surface area (Å²) in [5.74, 6) is 0.818. The number of para-hydroxylation sites is 1. The topological polar surface area (TPSA) is 80.1 Å². The molecule has 2 fully saturated rings. The van der Waals surface area contributed by atoms with E-state index in [9.17, 15) is 9.59 Å². The lowest BCUT2D eigenvalue weighted by molar-refractivity contribution is 0.0203. The molecule has 0 N–H and O–H groups in total. The van der Waals surface area contributed by atoms with Gasteiger partial charge < -0.3 is 24.2 Å². The van der Waals surface area contributed by atoms with E-state index in [1.165, 1.54) is 0 Å². The van der Waals surface area contributed by atoms with E-state index < -0.39 is 5.60 Å². The number of likely N-dealkylation sites (tertiary alicyclic amines) is 1. The van der Waals surface area contributed by atoms with E-state index >= 15 is 0 Å². The van der Waals surface area contributed by atoms with Crippen molar-refractivity contribution in [3.63, 3.8) is 0 Å². The number of piperidine rings is 1. The number of amides is 2. The van der Waals surface area contributed by atoms with Crippen molar-refractivity contribution in [2.45, 2.75) is 45.1 Å². The molecule has 10 heteroatoms. The Morgan fingerprint density at radius 2 is 1.63 bits per heavy atom. The van der Waals surface area contributed by atoms with Crippen LogP contribution in [0.2, 0.25) is 5.02 Å². The number of ether oxygens (including phenoxy) is 2. The van der Waals surface area contributed by atoms with Gasteiger partial charge >= 0.3 is 6.09 Å². The molecule has 5 rings (SSSR count). The first-order valence-electron chi connectivity index (χ1n) is 14.1. The SMILES string of the molecule is COc1cccc(N2CCN(C(=O)c3cnn(-c4ccccc4Cl)c3C3CCN(C(=O)OC(C)(C)C)CC3)CC2)c1. The normalized spacial score (nSPS) is 16.6. The maximum Gasteiger partial charge on any atom is 0.410 e. The molecule has 0 bridgehead atoms. The second kappa shape index (κ2) is 12.0. The van der Waals surface area contributed by atoms with Gasteiger partial charge in [0.05, 0.1) is 35.3 Å². The van der Waals surface area contributed by atoms with Crippen LogP contribution < -0.4 is 9.64 Å². The summed E-state index contributed by atoms with van der Waals surface area (Å²) < 4.78 is 12.8. The van der Waals surface area contributed by atoms with Crippen LogP contribution in [0.1, 0.15) is 55.6 Å². The predicted molar refractivity (Wildman–Crippen MR) is 159 cm³/mol. The highest BCUT2D eigenvalue weighted by Gasteiger charge is 2.34. The van der Waals surface area contributed by atoms with Gasteiger partial charge in [-0.2, -0.15) is 5.10 Å². The highest BCUT2D eigenvalue weighted by Crippen LogP contribution is 2.35. The van der Waals surface area contributed by atoms with Gasteiger partial charge in [0.15, 0.2) is 0 Å². The summed E-state index contributed by atoms with van der Waals surface area (Å²) >= 11 is 6.59. The van der Waals surface area contributed by atoms with Crippen LogP contribution in [0.5, 0.6) is 5.75 Å². The minimum Gasteiger partial charge on any atom is -0.497 e. The van der Waals surface area contributed by atoms with Crippen LogP contribution in [0.15, 0.2) is 54.7 Å². The van der Waals surface area contributed by atoms with Crippen molar-refractivity contribution in [1.82, 2.24) is 19.6 Å². The summed E-state index contributed by atoms with van der Waals surface area (Å²) in [7, 11) is 1.66. The molecule has 0 spiro atoms. The quantitative estimate of drug-likeness (QED) is 0.391.